The number of carbonyl (C=O) groups excluding carboxylic acids is 4. The fourth-order valence-electron chi connectivity index (χ4n) is 3.36. The molecular formula is C30H47NO11. The molecule has 1 aromatic rings. The summed E-state index contributed by atoms with van der Waals surface area (Å²) in [5.41, 5.74) is 6.54. The maximum atomic E-state index is 12.5. The molecule has 2 N–H and O–H groups in total. The van der Waals surface area contributed by atoms with E-state index in [1.807, 2.05) is 27.7 Å². The van der Waals surface area contributed by atoms with Crippen molar-refractivity contribution in [1.29, 1.82) is 0 Å². The Morgan fingerprint density at radius 3 is 1.88 bits per heavy atom. The third-order valence-electron chi connectivity index (χ3n) is 5.76. The third-order valence-corrected chi connectivity index (χ3v) is 5.76. The van der Waals surface area contributed by atoms with Gasteiger partial charge in [-0.15, -0.1) is 0 Å². The second-order valence-corrected chi connectivity index (χ2v) is 10.2. The van der Waals surface area contributed by atoms with Gasteiger partial charge in [-0.1, -0.05) is 59.4 Å². The van der Waals surface area contributed by atoms with Gasteiger partial charge in [0.25, 0.3) is 0 Å². The van der Waals surface area contributed by atoms with Gasteiger partial charge in [0.2, 0.25) is 0 Å². The van der Waals surface area contributed by atoms with Gasteiger partial charge in [0.05, 0.1) is 19.8 Å². The van der Waals surface area contributed by atoms with Crippen LogP contribution in [0.5, 0.6) is 11.5 Å². The van der Waals surface area contributed by atoms with Gasteiger partial charge >= 0.3 is 24.4 Å². The summed E-state index contributed by atoms with van der Waals surface area (Å²) in [6, 6.07) is 3.29. The van der Waals surface area contributed by atoms with Crippen LogP contribution in [0.15, 0.2) is 18.2 Å². The molecule has 0 saturated carbocycles. The molecule has 0 aliphatic rings. The van der Waals surface area contributed by atoms with Crippen LogP contribution in [0, 0.1) is 5.92 Å². The van der Waals surface area contributed by atoms with Crippen molar-refractivity contribution in [1.82, 2.24) is 0 Å². The number of rotatable bonds is 19. The molecule has 0 amide bonds. The number of benzene rings is 1. The molecule has 42 heavy (non-hydrogen) atoms. The molecule has 12 nitrogen and oxygen atoms in total. The van der Waals surface area contributed by atoms with Gasteiger partial charge in [-0.3, -0.25) is 4.79 Å². The first-order chi connectivity index (χ1) is 20.0. The van der Waals surface area contributed by atoms with Gasteiger partial charge in [0.15, 0.2) is 11.5 Å². The Morgan fingerprint density at radius 2 is 1.31 bits per heavy atom. The third kappa shape index (κ3) is 16.7. The van der Waals surface area contributed by atoms with Crippen LogP contribution < -0.4 is 15.2 Å². The van der Waals surface area contributed by atoms with Crippen molar-refractivity contribution in [2.75, 3.05) is 26.4 Å². The second kappa shape index (κ2) is 21.2. The summed E-state index contributed by atoms with van der Waals surface area (Å²) in [6.45, 7) is 10.0. The molecule has 0 bridgehead atoms. The van der Waals surface area contributed by atoms with Gasteiger partial charge < -0.3 is 38.9 Å². The summed E-state index contributed by atoms with van der Waals surface area (Å²) < 4.78 is 35.9. The van der Waals surface area contributed by atoms with Gasteiger partial charge in [-0.2, -0.15) is 0 Å². The monoisotopic (exact) mass is 597 g/mol. The van der Waals surface area contributed by atoms with Crippen LogP contribution in [0.1, 0.15) is 85.1 Å². The molecule has 0 fully saturated rings. The first kappa shape index (κ1) is 36.5. The number of unbranched alkanes of at least 4 members (excludes halogenated alkanes) is 4. The molecule has 0 aliphatic carbocycles. The molecule has 1 aromatic carbocycles. The van der Waals surface area contributed by atoms with Gasteiger partial charge in [0, 0.05) is 0 Å². The summed E-state index contributed by atoms with van der Waals surface area (Å²) in [7, 11) is 0. The molecule has 2 atom stereocenters. The Hall–Kier alpha value is -3.54. The first-order valence-corrected chi connectivity index (χ1v) is 14.6. The lowest BCUT2D eigenvalue weighted by Crippen LogP contribution is -2.37. The van der Waals surface area contributed by atoms with Crippen LogP contribution in [0.4, 0.5) is 14.4 Å². The Balaban J connectivity index is 2.77. The molecule has 0 aliphatic heterocycles. The highest BCUT2D eigenvalue weighted by atomic mass is 16.7. The molecule has 0 saturated heterocycles. The van der Waals surface area contributed by atoms with Crippen molar-refractivity contribution in [3.05, 3.63) is 23.8 Å². The Kier molecular flexibility index (Phi) is 18.4. The van der Waals surface area contributed by atoms with Crippen molar-refractivity contribution >= 4 is 24.4 Å². The highest BCUT2D eigenvalue weighted by Gasteiger charge is 2.22. The normalized spacial score (nSPS) is 12.2. The van der Waals surface area contributed by atoms with Crippen LogP contribution in [-0.2, 0) is 34.9 Å². The predicted molar refractivity (Wildman–Crippen MR) is 153 cm³/mol. The lowest BCUT2D eigenvalue weighted by Gasteiger charge is -2.17. The Morgan fingerprint density at radius 1 is 0.738 bits per heavy atom. The zero-order valence-corrected chi connectivity index (χ0v) is 25.5. The number of hydrogen-bond donors (Lipinski definition) is 1. The summed E-state index contributed by atoms with van der Waals surface area (Å²) >= 11 is 0. The number of ether oxygens (including phenoxy) is 7. The fraction of sp³-hybridized carbons (Fsp3) is 0.667. The Labute approximate surface area is 248 Å². The van der Waals surface area contributed by atoms with E-state index < -0.39 is 36.6 Å². The molecular weight excluding hydrogens is 550 g/mol. The topological polar surface area (TPSA) is 159 Å². The largest absolute Gasteiger partial charge is 0.513 e. The van der Waals surface area contributed by atoms with Crippen LogP contribution in [0.3, 0.4) is 0 Å². The van der Waals surface area contributed by atoms with E-state index in [1.165, 1.54) is 12.1 Å². The van der Waals surface area contributed by atoms with E-state index in [9.17, 15) is 19.2 Å². The van der Waals surface area contributed by atoms with Crippen molar-refractivity contribution in [3.8, 4) is 11.5 Å². The minimum atomic E-state index is -1.09. The van der Waals surface area contributed by atoms with Crippen molar-refractivity contribution in [2.45, 2.75) is 98.1 Å². The molecule has 0 aromatic heterocycles. The van der Waals surface area contributed by atoms with E-state index in [4.69, 9.17) is 38.9 Å². The molecule has 0 heterocycles. The standard InChI is InChI=1S/C30H47NO11/c1-6-8-10-15-36-29(34)41-25-13-12-23(19-26(25)42-30(35)37-16-11-9-7-2)18-24(31)27(32)40-22(5)20-39-28(33)38-17-14-21(3)4/h12-13,19,21-22,24H,6-11,14-18,20,31H2,1-5H3/t22-,24-/m0/s1. The first-order valence-electron chi connectivity index (χ1n) is 14.6. The smallest absolute Gasteiger partial charge is 0.458 e. The number of hydrogen-bond acceptors (Lipinski definition) is 12. The maximum Gasteiger partial charge on any atom is 0.513 e. The van der Waals surface area contributed by atoms with E-state index in [0.29, 0.717) is 30.7 Å². The van der Waals surface area contributed by atoms with E-state index in [1.54, 1.807) is 13.0 Å². The van der Waals surface area contributed by atoms with E-state index in [0.717, 1.165) is 25.7 Å². The quantitative estimate of drug-likeness (QED) is 0.0846. The number of nitrogens with two attached hydrogens (primary N) is 1. The highest BCUT2D eigenvalue weighted by molar-refractivity contribution is 5.76. The maximum absolute atomic E-state index is 12.5. The molecule has 238 valence electrons. The lowest BCUT2D eigenvalue weighted by atomic mass is 10.1. The van der Waals surface area contributed by atoms with Crippen LogP contribution in [-0.4, -0.2) is 63.0 Å². The van der Waals surface area contributed by atoms with Crippen LogP contribution >= 0.6 is 0 Å². The minimum absolute atomic E-state index is 0.00725. The second-order valence-electron chi connectivity index (χ2n) is 10.2. The minimum Gasteiger partial charge on any atom is -0.458 e. The van der Waals surface area contributed by atoms with Gasteiger partial charge in [0.1, 0.15) is 18.8 Å². The molecule has 1 rings (SSSR count). The van der Waals surface area contributed by atoms with Gasteiger partial charge in [-0.05, 0) is 56.2 Å². The predicted octanol–water partition coefficient (Wildman–Crippen LogP) is 6.10. The Bertz CT molecular complexity index is 967. The van der Waals surface area contributed by atoms with Crippen molar-refractivity contribution in [2.24, 2.45) is 11.7 Å². The highest BCUT2D eigenvalue weighted by Crippen LogP contribution is 2.30. The molecule has 0 radical (unpaired) electrons. The zero-order chi connectivity index (χ0) is 31.3. The number of carbonyl (C=O) groups is 4. The van der Waals surface area contributed by atoms with Crippen LogP contribution in [0.25, 0.3) is 0 Å². The van der Waals surface area contributed by atoms with E-state index in [2.05, 4.69) is 0 Å². The van der Waals surface area contributed by atoms with Gasteiger partial charge in [-0.25, -0.2) is 14.4 Å². The SMILES string of the molecule is CCCCCOC(=O)Oc1ccc(C[C@H](N)C(=O)O[C@@H](C)COC(=O)OCCC(C)C)cc1OC(=O)OCCCCC. The van der Waals surface area contributed by atoms with Crippen molar-refractivity contribution in [3.63, 3.8) is 0 Å². The van der Waals surface area contributed by atoms with E-state index >= 15 is 0 Å². The summed E-state index contributed by atoms with van der Waals surface area (Å²) in [5.74, 6) is -0.511. The van der Waals surface area contributed by atoms with Crippen LogP contribution in [0.2, 0.25) is 0 Å². The molecule has 0 unspecified atom stereocenters. The fourth-order valence-corrected chi connectivity index (χ4v) is 3.36. The average Bonchev–Trinajstić information content (AvgIpc) is 2.93. The lowest BCUT2D eigenvalue weighted by molar-refractivity contribution is -0.152. The molecule has 0 spiro atoms. The summed E-state index contributed by atoms with van der Waals surface area (Å²) in [5, 5.41) is 0. The van der Waals surface area contributed by atoms with Crippen molar-refractivity contribution < 1.29 is 52.3 Å². The van der Waals surface area contributed by atoms with E-state index in [-0.39, 0.29) is 44.3 Å². The summed E-state index contributed by atoms with van der Waals surface area (Å²) in [6.07, 6.45) is 2.29. The zero-order valence-electron chi connectivity index (χ0n) is 25.5. The number of esters is 1. The average molecular weight is 598 g/mol. The molecule has 12 heteroatoms. The summed E-state index contributed by atoms with van der Waals surface area (Å²) in [4.78, 5) is 48.6.